The second-order valence-corrected chi connectivity index (χ2v) is 7.57. The molecule has 0 unspecified atom stereocenters. The van der Waals surface area contributed by atoms with Gasteiger partial charge in [-0.25, -0.2) is 0 Å². The summed E-state index contributed by atoms with van der Waals surface area (Å²) in [7, 11) is 1.75. The fourth-order valence-electron chi connectivity index (χ4n) is 3.16. The maximum atomic E-state index is 11.8. The zero-order chi connectivity index (χ0) is 15.5. The van der Waals surface area contributed by atoms with Crippen LogP contribution in [0.25, 0.3) is 0 Å². The van der Waals surface area contributed by atoms with Gasteiger partial charge in [0.25, 0.3) is 0 Å². The molecule has 6 heteroatoms. The van der Waals surface area contributed by atoms with Gasteiger partial charge in [-0.2, -0.15) is 0 Å². The van der Waals surface area contributed by atoms with Gasteiger partial charge in [-0.15, -0.1) is 24.0 Å². The highest BCUT2D eigenvalue weighted by atomic mass is 127. The van der Waals surface area contributed by atoms with E-state index >= 15 is 0 Å². The summed E-state index contributed by atoms with van der Waals surface area (Å²) in [5.41, 5.74) is 0.308. The molecule has 0 radical (unpaired) electrons. The summed E-state index contributed by atoms with van der Waals surface area (Å²) in [6.07, 6.45) is 6.82. The van der Waals surface area contributed by atoms with Crippen molar-refractivity contribution in [3.8, 4) is 0 Å². The summed E-state index contributed by atoms with van der Waals surface area (Å²) in [6.45, 7) is 7.18. The number of amides is 1. The van der Waals surface area contributed by atoms with Crippen molar-refractivity contribution < 1.29 is 4.79 Å². The van der Waals surface area contributed by atoms with Crippen molar-refractivity contribution in [1.29, 1.82) is 0 Å². The maximum Gasteiger partial charge on any atom is 0.239 e. The maximum absolute atomic E-state index is 11.8. The van der Waals surface area contributed by atoms with Crippen LogP contribution in [0.4, 0.5) is 0 Å². The topological polar surface area (TPSA) is 65.5 Å². The third-order valence-electron chi connectivity index (χ3n) is 4.56. The van der Waals surface area contributed by atoms with Gasteiger partial charge >= 0.3 is 0 Å². The van der Waals surface area contributed by atoms with E-state index in [1.807, 2.05) is 20.8 Å². The van der Waals surface area contributed by atoms with E-state index < -0.39 is 0 Å². The highest BCUT2D eigenvalue weighted by molar-refractivity contribution is 14.0. The normalized spacial score (nSPS) is 20.5. The van der Waals surface area contributed by atoms with Gasteiger partial charge < -0.3 is 16.0 Å². The van der Waals surface area contributed by atoms with E-state index in [1.54, 1.807) is 7.05 Å². The van der Waals surface area contributed by atoms with Crippen molar-refractivity contribution in [3.05, 3.63) is 0 Å². The predicted octanol–water partition coefficient (Wildman–Crippen LogP) is 2.26. The van der Waals surface area contributed by atoms with Crippen LogP contribution >= 0.6 is 24.0 Å². The Balaban J connectivity index is 0.00000242. The van der Waals surface area contributed by atoms with E-state index in [9.17, 15) is 4.79 Å². The molecular weight excluding hydrogens is 391 g/mol. The van der Waals surface area contributed by atoms with Crippen LogP contribution < -0.4 is 16.0 Å². The van der Waals surface area contributed by atoms with Crippen molar-refractivity contribution in [2.24, 2.45) is 16.3 Å². The molecule has 0 heterocycles. The Labute approximate surface area is 151 Å². The molecule has 2 saturated carbocycles. The third kappa shape index (κ3) is 5.59. The minimum atomic E-state index is -0.197. The number of nitrogens with zero attached hydrogens (tertiary/aromatic N) is 1. The SMILES string of the molecule is CN=C(NCC(=O)NC(C)(C)C)NCC1(C2CC2)CCC1.I. The summed E-state index contributed by atoms with van der Waals surface area (Å²) in [6, 6.07) is 0. The van der Waals surface area contributed by atoms with Gasteiger partial charge in [-0.05, 0) is 57.8 Å². The quantitative estimate of drug-likeness (QED) is 0.362. The Hall–Kier alpha value is -0.530. The molecule has 0 atom stereocenters. The largest absolute Gasteiger partial charge is 0.356 e. The molecule has 2 rings (SSSR count). The molecule has 1 amide bonds. The molecule has 2 aliphatic rings. The number of hydrogen-bond donors (Lipinski definition) is 3. The lowest BCUT2D eigenvalue weighted by Crippen LogP contribution is -2.51. The van der Waals surface area contributed by atoms with Crippen molar-refractivity contribution in [2.45, 2.75) is 58.4 Å². The minimum absolute atomic E-state index is 0. The molecule has 0 spiro atoms. The lowest BCUT2D eigenvalue weighted by Gasteiger charge is -2.43. The van der Waals surface area contributed by atoms with E-state index in [4.69, 9.17) is 0 Å². The number of carbonyl (C=O) groups excluding carboxylic acids is 1. The van der Waals surface area contributed by atoms with Crippen LogP contribution in [0.2, 0.25) is 0 Å². The molecule has 0 aromatic carbocycles. The Morgan fingerprint density at radius 1 is 1.23 bits per heavy atom. The molecule has 128 valence electrons. The highest BCUT2D eigenvalue weighted by Crippen LogP contribution is 2.56. The molecule has 3 N–H and O–H groups in total. The van der Waals surface area contributed by atoms with Crippen LogP contribution in [0.1, 0.15) is 52.9 Å². The molecule has 5 nitrogen and oxygen atoms in total. The highest BCUT2D eigenvalue weighted by Gasteiger charge is 2.48. The fourth-order valence-corrected chi connectivity index (χ4v) is 3.16. The Morgan fingerprint density at radius 3 is 2.27 bits per heavy atom. The summed E-state index contributed by atoms with van der Waals surface area (Å²) >= 11 is 0. The number of halogens is 1. The Kier molecular flexibility index (Phi) is 6.95. The average molecular weight is 422 g/mol. The second kappa shape index (κ2) is 7.84. The van der Waals surface area contributed by atoms with E-state index in [1.165, 1.54) is 32.1 Å². The summed E-state index contributed by atoms with van der Waals surface area (Å²) < 4.78 is 0. The Morgan fingerprint density at radius 2 is 1.86 bits per heavy atom. The van der Waals surface area contributed by atoms with Gasteiger partial charge in [0.1, 0.15) is 0 Å². The number of carbonyl (C=O) groups is 1. The lowest BCUT2D eigenvalue weighted by atomic mass is 9.65. The van der Waals surface area contributed by atoms with E-state index in [0.29, 0.717) is 5.41 Å². The van der Waals surface area contributed by atoms with Gasteiger partial charge in [0.2, 0.25) is 5.91 Å². The van der Waals surface area contributed by atoms with Gasteiger partial charge in [-0.1, -0.05) is 6.42 Å². The third-order valence-corrected chi connectivity index (χ3v) is 4.56. The van der Waals surface area contributed by atoms with Crippen molar-refractivity contribution in [2.75, 3.05) is 20.1 Å². The zero-order valence-electron chi connectivity index (χ0n) is 14.3. The first-order chi connectivity index (χ1) is 9.85. The van der Waals surface area contributed by atoms with Crippen LogP contribution in [0, 0.1) is 11.3 Å². The van der Waals surface area contributed by atoms with Crippen LogP contribution in [0.5, 0.6) is 0 Å². The lowest BCUT2D eigenvalue weighted by molar-refractivity contribution is -0.121. The zero-order valence-corrected chi connectivity index (χ0v) is 16.6. The van der Waals surface area contributed by atoms with Crippen LogP contribution in [0.3, 0.4) is 0 Å². The smallest absolute Gasteiger partial charge is 0.239 e. The molecule has 0 bridgehead atoms. The summed E-state index contributed by atoms with van der Waals surface area (Å²) in [4.78, 5) is 16.0. The number of nitrogens with one attached hydrogen (secondary N) is 3. The molecule has 22 heavy (non-hydrogen) atoms. The van der Waals surface area contributed by atoms with Crippen molar-refractivity contribution in [3.63, 3.8) is 0 Å². The monoisotopic (exact) mass is 422 g/mol. The molecule has 0 aliphatic heterocycles. The molecule has 2 aliphatic carbocycles. The molecule has 0 aromatic heterocycles. The van der Waals surface area contributed by atoms with Crippen LogP contribution in [-0.4, -0.2) is 37.5 Å². The second-order valence-electron chi connectivity index (χ2n) is 7.57. The predicted molar refractivity (Wildman–Crippen MR) is 102 cm³/mol. The minimum Gasteiger partial charge on any atom is -0.356 e. The van der Waals surface area contributed by atoms with E-state index in [2.05, 4.69) is 20.9 Å². The Bertz CT molecular complexity index is 409. The number of aliphatic imine (C=N–C) groups is 1. The number of rotatable bonds is 5. The molecular formula is C16H31IN4O. The van der Waals surface area contributed by atoms with Crippen LogP contribution in [-0.2, 0) is 4.79 Å². The van der Waals surface area contributed by atoms with E-state index in [-0.39, 0.29) is 42.0 Å². The fraction of sp³-hybridized carbons (Fsp3) is 0.875. The first-order valence-electron chi connectivity index (χ1n) is 8.10. The van der Waals surface area contributed by atoms with Gasteiger partial charge in [0.15, 0.2) is 5.96 Å². The number of guanidine groups is 1. The van der Waals surface area contributed by atoms with Gasteiger partial charge in [0.05, 0.1) is 6.54 Å². The van der Waals surface area contributed by atoms with E-state index in [0.717, 1.165) is 18.4 Å². The first kappa shape index (κ1) is 19.5. The summed E-state index contributed by atoms with van der Waals surface area (Å²) in [5.74, 6) is 1.64. The molecule has 2 fully saturated rings. The summed E-state index contributed by atoms with van der Waals surface area (Å²) in [5, 5.41) is 9.45. The molecule has 0 saturated heterocycles. The molecule has 0 aromatic rings. The standard InChI is InChI=1S/C16H30N4O.HI/c1-15(2,3)20-13(21)10-18-14(17-4)19-11-16(8-5-9-16)12-6-7-12;/h12H,5-11H2,1-4H3,(H,20,21)(H2,17,18,19);1H. The van der Waals surface area contributed by atoms with Crippen LogP contribution in [0.15, 0.2) is 4.99 Å². The average Bonchev–Trinajstić information content (AvgIpc) is 3.14. The van der Waals surface area contributed by atoms with Gasteiger partial charge in [-0.3, -0.25) is 9.79 Å². The van der Waals surface area contributed by atoms with Gasteiger partial charge in [0, 0.05) is 19.1 Å². The first-order valence-corrected chi connectivity index (χ1v) is 8.10. The van der Waals surface area contributed by atoms with Crippen molar-refractivity contribution in [1.82, 2.24) is 16.0 Å². The number of hydrogen-bond acceptors (Lipinski definition) is 2. The van der Waals surface area contributed by atoms with Crippen molar-refractivity contribution >= 4 is 35.8 Å².